The Kier molecular flexibility index (Phi) is 15.4. The van der Waals surface area contributed by atoms with Gasteiger partial charge in [-0.05, 0) is 81.5 Å². The van der Waals surface area contributed by atoms with Crippen LogP contribution in [0.3, 0.4) is 0 Å². The molecule has 0 heterocycles. The number of benzene rings is 2. The number of hydrogen-bond acceptors (Lipinski definition) is 4. The van der Waals surface area contributed by atoms with Gasteiger partial charge in [0.2, 0.25) is 0 Å². The van der Waals surface area contributed by atoms with Crippen LogP contribution in [0, 0.1) is 31.6 Å². The third-order valence-corrected chi connectivity index (χ3v) is 7.99. The van der Waals surface area contributed by atoms with Gasteiger partial charge in [-0.25, -0.2) is 0 Å². The molecule has 2 rings (SSSR count). The van der Waals surface area contributed by atoms with E-state index in [2.05, 4.69) is 74.4 Å². The normalized spacial score (nSPS) is 11.9. The molecule has 0 N–H and O–H groups in total. The van der Waals surface area contributed by atoms with Crippen LogP contribution in [-0.4, -0.2) is 44.2 Å². The fourth-order valence-corrected chi connectivity index (χ4v) is 5.43. The molecule has 2 aromatic carbocycles. The van der Waals surface area contributed by atoms with E-state index in [0.29, 0.717) is 49.1 Å². The number of rotatable bonds is 15. The Hall–Kier alpha value is -1.46. The van der Waals surface area contributed by atoms with Crippen LogP contribution >= 0.6 is 8.58 Å². The van der Waals surface area contributed by atoms with Crippen molar-refractivity contribution in [3.8, 4) is 17.2 Å². The van der Waals surface area contributed by atoms with E-state index in [9.17, 15) is 4.79 Å². The summed E-state index contributed by atoms with van der Waals surface area (Å²) >= 11 is 0. The van der Waals surface area contributed by atoms with Crippen molar-refractivity contribution in [1.82, 2.24) is 0 Å². The summed E-state index contributed by atoms with van der Waals surface area (Å²) in [5.74, 6) is 3.74. The number of hydrogen-bond donors (Lipinski definition) is 0. The molecule has 4 nitrogen and oxygen atoms in total. The van der Waals surface area contributed by atoms with Gasteiger partial charge in [0.05, 0.1) is 25.1 Å². The molecule has 0 fully saturated rings. The molecule has 0 aliphatic carbocycles. The zero-order valence-corrected chi connectivity index (χ0v) is 27.4. The van der Waals surface area contributed by atoms with E-state index in [1.807, 2.05) is 26.0 Å². The van der Waals surface area contributed by atoms with E-state index in [-0.39, 0.29) is 38.4 Å². The summed E-state index contributed by atoms with van der Waals surface area (Å²) in [6.45, 7) is 25.7. The minimum absolute atomic E-state index is 0. The monoisotopic (exact) mass is 564 g/mol. The molecular weight excluding hydrogens is 510 g/mol. The third-order valence-electron chi connectivity index (χ3n) is 6.77. The summed E-state index contributed by atoms with van der Waals surface area (Å²) in [6.07, 6.45) is 2.84. The molecule has 0 aromatic heterocycles. The molecule has 0 radical (unpaired) electrons. The Morgan fingerprint density at radius 2 is 1.12 bits per heavy atom. The van der Waals surface area contributed by atoms with Crippen molar-refractivity contribution in [2.75, 3.05) is 19.8 Å². The first-order valence-corrected chi connectivity index (χ1v) is 15.7. The second kappa shape index (κ2) is 16.8. The van der Waals surface area contributed by atoms with E-state index >= 15 is 0 Å². The van der Waals surface area contributed by atoms with Gasteiger partial charge in [-0.1, -0.05) is 74.4 Å². The molecule has 0 aliphatic rings. The Bertz CT molecular complexity index is 1030. The summed E-state index contributed by atoms with van der Waals surface area (Å²) in [5, 5.41) is 0.836. The molecule has 6 heteroatoms. The van der Waals surface area contributed by atoms with Crippen LogP contribution in [0.2, 0.25) is 0 Å². The molecule has 0 saturated carbocycles. The van der Waals surface area contributed by atoms with Gasteiger partial charge in [0.25, 0.3) is 0 Å². The van der Waals surface area contributed by atoms with Crippen LogP contribution in [-0.2, 0) is 5.41 Å². The minimum atomic E-state index is -0.109. The van der Waals surface area contributed by atoms with Gasteiger partial charge in [-0.2, -0.15) is 0 Å². The van der Waals surface area contributed by atoms with E-state index in [4.69, 9.17) is 14.2 Å². The second-order valence-electron chi connectivity index (χ2n) is 13.1. The van der Waals surface area contributed by atoms with Gasteiger partial charge in [0.15, 0.2) is 5.52 Å². The molecule has 40 heavy (non-hydrogen) atoms. The molecule has 0 amide bonds. The first-order valence-electron chi connectivity index (χ1n) is 14.7. The molecule has 0 saturated heterocycles. The van der Waals surface area contributed by atoms with Crippen molar-refractivity contribution in [1.29, 1.82) is 0 Å². The first-order chi connectivity index (χ1) is 18.2. The van der Waals surface area contributed by atoms with Crippen LogP contribution < -0.4 is 19.5 Å². The van der Waals surface area contributed by atoms with Gasteiger partial charge >= 0.3 is 18.9 Å². The Morgan fingerprint density at radius 3 is 1.50 bits per heavy atom. The number of aryl methyl sites for hydroxylation is 2. The second-order valence-corrected chi connectivity index (χ2v) is 14.3. The van der Waals surface area contributed by atoms with Gasteiger partial charge in [-0.3, -0.25) is 4.79 Å². The summed E-state index contributed by atoms with van der Waals surface area (Å²) < 4.78 is 18.8. The quantitative estimate of drug-likeness (QED) is 0.161. The van der Waals surface area contributed by atoms with Crippen LogP contribution in [0.1, 0.15) is 109 Å². The van der Waals surface area contributed by atoms with E-state index in [1.54, 1.807) is 0 Å². The zero-order chi connectivity index (χ0) is 29.3. The average Bonchev–Trinajstić information content (AvgIpc) is 2.79. The fourth-order valence-electron chi connectivity index (χ4n) is 4.15. The summed E-state index contributed by atoms with van der Waals surface area (Å²) in [5.41, 5.74) is 4.24. The Labute approximate surface area is 258 Å². The molecule has 1 atom stereocenters. The predicted octanol–water partition coefficient (Wildman–Crippen LogP) is 8.37. The maximum absolute atomic E-state index is 13.9. The molecule has 0 bridgehead atoms. The van der Waals surface area contributed by atoms with Crippen LogP contribution in [0.4, 0.5) is 0 Å². The van der Waals surface area contributed by atoms with Gasteiger partial charge in [0, 0.05) is 17.7 Å². The fraction of sp³-hybridized carbons (Fsp3) is 0.618. The average molecular weight is 565 g/mol. The van der Waals surface area contributed by atoms with Crippen molar-refractivity contribution in [2.45, 2.75) is 101 Å². The summed E-state index contributed by atoms with van der Waals surface area (Å²) in [4.78, 5) is 13.9. The predicted molar refractivity (Wildman–Crippen MR) is 175 cm³/mol. The van der Waals surface area contributed by atoms with Crippen molar-refractivity contribution in [3.63, 3.8) is 0 Å². The van der Waals surface area contributed by atoms with Gasteiger partial charge in [0.1, 0.15) is 17.2 Å². The first kappa shape index (κ1) is 36.6. The van der Waals surface area contributed by atoms with Crippen LogP contribution in [0.15, 0.2) is 24.3 Å². The summed E-state index contributed by atoms with van der Waals surface area (Å²) in [7, 11) is -0.109. The van der Waals surface area contributed by atoms with E-state index in [0.717, 1.165) is 47.0 Å². The SMILES string of the molecule is Cc1cc(C(C)(C)C)cc(C)c1C(=O)Pc1c(OCCC(C)C)cc(OCCC(C)C)cc1OCCC(C)C.[LiH]. The van der Waals surface area contributed by atoms with Crippen molar-refractivity contribution in [3.05, 3.63) is 46.5 Å². The maximum atomic E-state index is 13.9. The van der Waals surface area contributed by atoms with Crippen LogP contribution in [0.25, 0.3) is 0 Å². The zero-order valence-electron chi connectivity index (χ0n) is 26.4. The van der Waals surface area contributed by atoms with Gasteiger partial charge in [-0.15, -0.1) is 0 Å². The Morgan fingerprint density at radius 1 is 0.725 bits per heavy atom. The molecule has 0 spiro atoms. The van der Waals surface area contributed by atoms with Crippen LogP contribution in [0.5, 0.6) is 17.2 Å². The summed E-state index contributed by atoms with van der Waals surface area (Å²) in [6, 6.07) is 8.23. The topological polar surface area (TPSA) is 44.8 Å². The molecular formula is C34H54LiO4P. The Balaban J connectivity index is 0.00000800. The standard InChI is InChI=1S/C34H53O4P.Li.H/c1-22(2)12-15-36-28-20-29(37-16-13-23(3)4)32(30(21-28)38-17-14-24(5)6)39-33(35)31-25(7)18-27(19-26(31)8)34(9,10)11;;/h18-24,39H,12-17H2,1-11H3;;. The van der Waals surface area contributed by atoms with Gasteiger partial charge < -0.3 is 14.2 Å². The number of carbonyl (C=O) groups is 1. The van der Waals surface area contributed by atoms with Crippen molar-refractivity contribution in [2.24, 2.45) is 17.8 Å². The number of carbonyl (C=O) groups excluding carboxylic acids is 1. The number of ether oxygens (including phenoxy) is 3. The molecule has 220 valence electrons. The molecule has 2 aromatic rings. The third kappa shape index (κ3) is 11.8. The van der Waals surface area contributed by atoms with Crippen molar-refractivity contribution >= 4 is 38.3 Å². The van der Waals surface area contributed by atoms with E-state index in [1.165, 1.54) is 5.56 Å². The molecule has 1 unspecified atom stereocenters. The molecule has 0 aliphatic heterocycles. The van der Waals surface area contributed by atoms with Crippen molar-refractivity contribution < 1.29 is 19.0 Å². The van der Waals surface area contributed by atoms with E-state index < -0.39 is 0 Å².